The van der Waals surface area contributed by atoms with E-state index in [0.717, 1.165) is 22.9 Å². The van der Waals surface area contributed by atoms with Gasteiger partial charge in [0.2, 0.25) is 0 Å². The highest BCUT2D eigenvalue weighted by molar-refractivity contribution is 5.76. The van der Waals surface area contributed by atoms with Gasteiger partial charge in [0.25, 0.3) is 0 Å². The quantitative estimate of drug-likeness (QED) is 0.416. The maximum Gasteiger partial charge on any atom is 0.194 e. The first-order chi connectivity index (χ1) is 13.9. The summed E-state index contributed by atoms with van der Waals surface area (Å²) >= 11 is 0. The zero-order valence-electron chi connectivity index (χ0n) is 14.2. The van der Waals surface area contributed by atoms with Gasteiger partial charge in [-0.05, 0) is 46.3 Å². The number of halogens is 5. The van der Waals surface area contributed by atoms with Crippen molar-refractivity contribution in [3.8, 4) is 28.2 Å². The van der Waals surface area contributed by atoms with Crippen molar-refractivity contribution in [1.82, 2.24) is 25.2 Å². The summed E-state index contributed by atoms with van der Waals surface area (Å²) in [5, 5.41) is 10.9. The SMILES string of the molecule is Nc1ncc(-c2cc(F)c(F)c(F)c2)cc1-c1nnnn1-c1cccc(F)c1F. The Morgan fingerprint density at radius 2 is 1.55 bits per heavy atom. The van der Waals surface area contributed by atoms with Crippen LogP contribution in [0.4, 0.5) is 27.8 Å². The van der Waals surface area contributed by atoms with Gasteiger partial charge >= 0.3 is 0 Å². The lowest BCUT2D eigenvalue weighted by Gasteiger charge is -2.10. The van der Waals surface area contributed by atoms with Crippen LogP contribution in [0.15, 0.2) is 42.6 Å². The molecular weight excluding hydrogens is 395 g/mol. The predicted molar refractivity (Wildman–Crippen MR) is 92.0 cm³/mol. The Labute approximate surface area is 159 Å². The molecule has 29 heavy (non-hydrogen) atoms. The predicted octanol–water partition coefficient (Wildman–Crippen LogP) is 3.67. The summed E-state index contributed by atoms with van der Waals surface area (Å²) in [4.78, 5) is 3.93. The van der Waals surface area contributed by atoms with Crippen LogP contribution in [0.2, 0.25) is 0 Å². The molecule has 2 N–H and O–H groups in total. The third kappa shape index (κ3) is 3.16. The fraction of sp³-hybridized carbons (Fsp3) is 0. The van der Waals surface area contributed by atoms with Crippen LogP contribution in [-0.2, 0) is 0 Å². The topological polar surface area (TPSA) is 82.5 Å². The lowest BCUT2D eigenvalue weighted by molar-refractivity contribution is 0.447. The maximum atomic E-state index is 14.2. The lowest BCUT2D eigenvalue weighted by Crippen LogP contribution is -2.06. The zero-order chi connectivity index (χ0) is 20.7. The average molecular weight is 404 g/mol. The molecule has 0 aliphatic rings. The maximum absolute atomic E-state index is 14.2. The van der Waals surface area contributed by atoms with Gasteiger partial charge in [0.15, 0.2) is 34.9 Å². The molecule has 2 aromatic heterocycles. The molecule has 0 saturated heterocycles. The van der Waals surface area contributed by atoms with Crippen molar-refractivity contribution >= 4 is 5.82 Å². The van der Waals surface area contributed by atoms with Gasteiger partial charge in [-0.2, -0.15) is 4.68 Å². The van der Waals surface area contributed by atoms with Crippen LogP contribution in [0.1, 0.15) is 0 Å². The first-order valence-electron chi connectivity index (χ1n) is 8.00. The van der Waals surface area contributed by atoms with Crippen molar-refractivity contribution in [3.05, 3.63) is 71.7 Å². The number of nitrogen functional groups attached to an aromatic ring is 1. The van der Waals surface area contributed by atoms with Crippen LogP contribution >= 0.6 is 0 Å². The van der Waals surface area contributed by atoms with E-state index in [1.807, 2.05) is 0 Å². The monoisotopic (exact) mass is 404 g/mol. The smallest absolute Gasteiger partial charge is 0.194 e. The second-order valence-corrected chi connectivity index (χ2v) is 5.90. The van der Waals surface area contributed by atoms with Crippen LogP contribution in [-0.4, -0.2) is 25.2 Å². The van der Waals surface area contributed by atoms with Crippen molar-refractivity contribution in [3.63, 3.8) is 0 Å². The number of nitrogens with zero attached hydrogens (tertiary/aromatic N) is 5. The van der Waals surface area contributed by atoms with Crippen molar-refractivity contribution < 1.29 is 22.0 Å². The number of benzene rings is 2. The van der Waals surface area contributed by atoms with Gasteiger partial charge in [0.05, 0.1) is 5.56 Å². The Balaban J connectivity index is 1.87. The van der Waals surface area contributed by atoms with Crippen LogP contribution < -0.4 is 5.73 Å². The minimum atomic E-state index is -1.61. The summed E-state index contributed by atoms with van der Waals surface area (Å²) < 4.78 is 69.0. The van der Waals surface area contributed by atoms with Crippen LogP contribution in [0.25, 0.3) is 28.2 Å². The summed E-state index contributed by atoms with van der Waals surface area (Å²) in [6.45, 7) is 0. The molecule has 0 radical (unpaired) electrons. The molecule has 2 aromatic carbocycles. The molecule has 2 heterocycles. The molecule has 0 aliphatic heterocycles. The fourth-order valence-corrected chi connectivity index (χ4v) is 2.71. The summed E-state index contributed by atoms with van der Waals surface area (Å²) in [5.74, 6) is -6.85. The molecule has 6 nitrogen and oxygen atoms in total. The molecule has 146 valence electrons. The second-order valence-electron chi connectivity index (χ2n) is 5.90. The summed E-state index contributed by atoms with van der Waals surface area (Å²) in [7, 11) is 0. The molecule has 0 fully saturated rings. The Hall–Kier alpha value is -3.89. The number of hydrogen-bond donors (Lipinski definition) is 1. The molecule has 0 amide bonds. The van der Waals surface area contributed by atoms with Crippen molar-refractivity contribution in [1.29, 1.82) is 0 Å². The van der Waals surface area contributed by atoms with E-state index in [0.29, 0.717) is 0 Å². The molecular formula is C18H9F5N6. The van der Waals surface area contributed by atoms with Gasteiger partial charge in [-0.1, -0.05) is 6.07 Å². The van der Waals surface area contributed by atoms with Gasteiger partial charge in [0.1, 0.15) is 11.5 Å². The zero-order valence-corrected chi connectivity index (χ0v) is 14.2. The standard InChI is InChI=1S/C18H9F5N6/c19-11-2-1-3-14(16(11)23)29-18(26-27-28-29)10-4-9(7-25-17(10)24)8-5-12(20)15(22)13(21)6-8/h1-7H,(H2,24,25). The molecule has 4 aromatic rings. The van der Waals surface area contributed by atoms with Gasteiger partial charge in [-0.3, -0.25) is 0 Å². The number of anilines is 1. The van der Waals surface area contributed by atoms with Crippen LogP contribution in [0, 0.1) is 29.1 Å². The number of hydrogen-bond acceptors (Lipinski definition) is 5. The van der Waals surface area contributed by atoms with E-state index in [-0.39, 0.29) is 34.0 Å². The average Bonchev–Trinajstić information content (AvgIpc) is 3.17. The third-order valence-corrected chi connectivity index (χ3v) is 4.11. The summed E-state index contributed by atoms with van der Waals surface area (Å²) in [5.41, 5.74) is 5.81. The fourth-order valence-electron chi connectivity index (χ4n) is 2.71. The first kappa shape index (κ1) is 18.5. The van der Waals surface area contributed by atoms with Gasteiger partial charge in [0, 0.05) is 11.8 Å². The minimum Gasteiger partial charge on any atom is -0.383 e. The number of pyridine rings is 1. The molecule has 0 aliphatic carbocycles. The summed E-state index contributed by atoms with van der Waals surface area (Å²) in [6.07, 6.45) is 1.21. The Kier molecular flexibility index (Phi) is 4.41. The molecule has 0 spiro atoms. The highest BCUT2D eigenvalue weighted by Gasteiger charge is 2.20. The normalized spacial score (nSPS) is 11.1. The molecule has 0 unspecified atom stereocenters. The van der Waals surface area contributed by atoms with Crippen molar-refractivity contribution in [2.24, 2.45) is 0 Å². The molecule has 4 rings (SSSR count). The highest BCUT2D eigenvalue weighted by Crippen LogP contribution is 2.31. The second kappa shape index (κ2) is 6.93. The Morgan fingerprint density at radius 3 is 2.28 bits per heavy atom. The minimum absolute atomic E-state index is 0.0221. The van der Waals surface area contributed by atoms with Gasteiger partial charge < -0.3 is 5.73 Å². The van der Waals surface area contributed by atoms with Gasteiger partial charge in [-0.15, -0.1) is 5.10 Å². The van der Waals surface area contributed by atoms with Crippen LogP contribution in [0.5, 0.6) is 0 Å². The Morgan fingerprint density at radius 1 is 0.828 bits per heavy atom. The third-order valence-electron chi connectivity index (χ3n) is 4.11. The number of tetrazole rings is 1. The van der Waals surface area contributed by atoms with E-state index in [1.54, 1.807) is 0 Å². The number of aromatic nitrogens is 5. The Bertz CT molecular complexity index is 1220. The van der Waals surface area contributed by atoms with Crippen LogP contribution in [0.3, 0.4) is 0 Å². The highest BCUT2D eigenvalue weighted by atomic mass is 19.2. The van der Waals surface area contributed by atoms with Crippen molar-refractivity contribution in [2.75, 3.05) is 5.73 Å². The van der Waals surface area contributed by atoms with E-state index in [1.165, 1.54) is 24.4 Å². The van der Waals surface area contributed by atoms with Gasteiger partial charge in [-0.25, -0.2) is 26.9 Å². The number of nitrogens with two attached hydrogens (primary N) is 1. The molecule has 0 atom stereocenters. The van der Waals surface area contributed by atoms with E-state index >= 15 is 0 Å². The number of rotatable bonds is 3. The molecule has 11 heteroatoms. The molecule has 0 saturated carbocycles. The van der Waals surface area contributed by atoms with E-state index in [9.17, 15) is 22.0 Å². The first-order valence-corrected chi connectivity index (χ1v) is 8.00. The van der Waals surface area contributed by atoms with E-state index in [4.69, 9.17) is 5.73 Å². The summed E-state index contributed by atoms with van der Waals surface area (Å²) in [6, 6.07) is 6.35. The molecule has 0 bridgehead atoms. The van der Waals surface area contributed by atoms with E-state index < -0.39 is 29.1 Å². The largest absolute Gasteiger partial charge is 0.383 e. The van der Waals surface area contributed by atoms with E-state index in [2.05, 4.69) is 20.5 Å². The lowest BCUT2D eigenvalue weighted by atomic mass is 10.0. The van der Waals surface area contributed by atoms with Crippen molar-refractivity contribution in [2.45, 2.75) is 0 Å².